The van der Waals surface area contributed by atoms with Crippen LogP contribution >= 0.6 is 11.3 Å². The topological polar surface area (TPSA) is 74.2 Å². The lowest BCUT2D eigenvalue weighted by Gasteiger charge is -2.34. The van der Waals surface area contributed by atoms with Crippen LogP contribution in [0.1, 0.15) is 15.4 Å². The van der Waals surface area contributed by atoms with Crippen LogP contribution in [0.2, 0.25) is 0 Å². The molecule has 0 radical (unpaired) electrons. The van der Waals surface area contributed by atoms with Crippen molar-refractivity contribution in [3.05, 3.63) is 65.3 Å². The first-order valence-electron chi connectivity index (χ1n) is 10.6. The number of amides is 1. The Labute approximate surface area is 190 Å². The van der Waals surface area contributed by atoms with E-state index in [1.807, 2.05) is 43.3 Å². The maximum atomic E-state index is 12.9. The molecular formula is C24H24N6OS. The number of anilines is 2. The van der Waals surface area contributed by atoms with Gasteiger partial charge >= 0.3 is 0 Å². The van der Waals surface area contributed by atoms with Crippen molar-refractivity contribution in [3.8, 4) is 10.6 Å². The van der Waals surface area contributed by atoms with Crippen LogP contribution in [0.25, 0.3) is 21.3 Å². The van der Waals surface area contributed by atoms with Crippen molar-refractivity contribution in [1.82, 2.24) is 20.1 Å². The second-order valence-electron chi connectivity index (χ2n) is 8.05. The average molecular weight is 445 g/mol. The summed E-state index contributed by atoms with van der Waals surface area (Å²) in [5, 5.41) is 15.1. The molecule has 8 heteroatoms. The number of aromatic nitrogens is 3. The number of nitrogens with one attached hydrogen (secondary N) is 1. The minimum atomic E-state index is -0.163. The van der Waals surface area contributed by atoms with Gasteiger partial charge in [-0.3, -0.25) is 4.79 Å². The minimum absolute atomic E-state index is 0.163. The first-order chi connectivity index (χ1) is 15.5. The number of nitrogens with zero attached hydrogens (tertiary/aromatic N) is 5. The normalized spacial score (nSPS) is 14.6. The van der Waals surface area contributed by atoms with Crippen LogP contribution in [0.5, 0.6) is 0 Å². The van der Waals surface area contributed by atoms with Crippen molar-refractivity contribution in [3.63, 3.8) is 0 Å². The predicted molar refractivity (Wildman–Crippen MR) is 129 cm³/mol. The zero-order chi connectivity index (χ0) is 22.1. The van der Waals surface area contributed by atoms with Crippen LogP contribution < -0.4 is 10.2 Å². The van der Waals surface area contributed by atoms with E-state index in [9.17, 15) is 4.79 Å². The Morgan fingerprint density at radius 2 is 1.84 bits per heavy atom. The molecular weight excluding hydrogens is 420 g/mol. The van der Waals surface area contributed by atoms with Crippen LogP contribution in [0.3, 0.4) is 0 Å². The first-order valence-corrected chi connectivity index (χ1v) is 11.4. The standard InChI is InChI=1S/C24H24N6OS/c1-16-27-28-24(32-16)18-6-7-19-15-25-22(14-20(19)12-18)26-23(31)17-4-3-5-21(13-17)30-10-8-29(2)9-11-30/h3-7,12-15H,8-11H2,1-2H3,(H,25,26,31). The monoisotopic (exact) mass is 444 g/mol. The Morgan fingerprint density at radius 3 is 2.62 bits per heavy atom. The van der Waals surface area contributed by atoms with Crippen molar-refractivity contribution in [1.29, 1.82) is 0 Å². The highest BCUT2D eigenvalue weighted by Gasteiger charge is 2.16. The van der Waals surface area contributed by atoms with Gasteiger partial charge in [-0.25, -0.2) is 4.98 Å². The highest BCUT2D eigenvalue weighted by Crippen LogP contribution is 2.27. The van der Waals surface area contributed by atoms with E-state index in [-0.39, 0.29) is 5.91 Å². The third-order valence-electron chi connectivity index (χ3n) is 5.71. The Morgan fingerprint density at radius 1 is 1.00 bits per heavy atom. The van der Waals surface area contributed by atoms with Gasteiger partial charge in [-0.05, 0) is 49.7 Å². The molecule has 1 N–H and O–H groups in total. The summed E-state index contributed by atoms with van der Waals surface area (Å²) in [4.78, 5) is 22.0. The lowest BCUT2D eigenvalue weighted by Crippen LogP contribution is -2.44. The van der Waals surface area contributed by atoms with Gasteiger partial charge in [0.1, 0.15) is 15.8 Å². The van der Waals surface area contributed by atoms with Crippen LogP contribution in [0, 0.1) is 6.92 Å². The van der Waals surface area contributed by atoms with Gasteiger partial charge in [0.25, 0.3) is 5.91 Å². The number of hydrogen-bond acceptors (Lipinski definition) is 7. The SMILES string of the molecule is Cc1nnc(-c2ccc3cnc(NC(=O)c4cccc(N5CCN(C)CC5)c4)cc3c2)s1. The molecule has 4 aromatic rings. The van der Waals surface area contributed by atoms with Crippen molar-refractivity contribution in [2.75, 3.05) is 43.4 Å². The van der Waals surface area contributed by atoms with Crippen LogP contribution in [-0.4, -0.2) is 59.2 Å². The summed E-state index contributed by atoms with van der Waals surface area (Å²) in [6.45, 7) is 5.92. The average Bonchev–Trinajstić information content (AvgIpc) is 3.25. The number of aryl methyl sites for hydroxylation is 1. The summed E-state index contributed by atoms with van der Waals surface area (Å²) >= 11 is 1.56. The molecule has 1 fully saturated rings. The summed E-state index contributed by atoms with van der Waals surface area (Å²) in [5.74, 6) is 0.363. The minimum Gasteiger partial charge on any atom is -0.369 e. The highest BCUT2D eigenvalue weighted by atomic mass is 32.1. The number of rotatable bonds is 4. The quantitative estimate of drug-likeness (QED) is 0.512. The number of carbonyl (C=O) groups excluding carboxylic acids is 1. The fourth-order valence-corrected chi connectivity index (χ4v) is 4.54. The van der Waals surface area contributed by atoms with Crippen LogP contribution in [-0.2, 0) is 0 Å². The molecule has 5 rings (SSSR count). The molecule has 0 aliphatic carbocycles. The highest BCUT2D eigenvalue weighted by molar-refractivity contribution is 7.14. The molecule has 2 aromatic carbocycles. The molecule has 0 atom stereocenters. The molecule has 162 valence electrons. The van der Waals surface area contributed by atoms with Gasteiger partial charge in [0, 0.05) is 54.6 Å². The molecule has 0 bridgehead atoms. The van der Waals surface area contributed by atoms with Gasteiger partial charge in [-0.2, -0.15) is 0 Å². The Hall–Kier alpha value is -3.36. The van der Waals surface area contributed by atoms with Gasteiger partial charge in [-0.15, -0.1) is 10.2 Å². The van der Waals surface area contributed by atoms with Crippen molar-refractivity contribution in [2.45, 2.75) is 6.92 Å². The lowest BCUT2D eigenvalue weighted by atomic mass is 10.1. The number of pyridine rings is 1. The zero-order valence-corrected chi connectivity index (χ0v) is 18.9. The second kappa shape index (κ2) is 8.64. The fraction of sp³-hybridized carbons (Fsp3) is 0.250. The molecule has 1 saturated heterocycles. The predicted octanol–water partition coefficient (Wildman–Crippen LogP) is 4.07. The number of hydrogen-bond donors (Lipinski definition) is 1. The van der Waals surface area contributed by atoms with E-state index in [4.69, 9.17) is 0 Å². The van der Waals surface area contributed by atoms with Crippen molar-refractivity contribution >= 4 is 39.5 Å². The maximum Gasteiger partial charge on any atom is 0.256 e. The molecule has 3 heterocycles. The number of likely N-dealkylation sites (N-methyl/N-ethyl adjacent to an activating group) is 1. The van der Waals surface area contributed by atoms with Crippen molar-refractivity contribution in [2.24, 2.45) is 0 Å². The Balaban J connectivity index is 1.36. The van der Waals surface area contributed by atoms with E-state index >= 15 is 0 Å². The fourth-order valence-electron chi connectivity index (χ4n) is 3.85. The van der Waals surface area contributed by atoms with Gasteiger partial charge < -0.3 is 15.1 Å². The second-order valence-corrected chi connectivity index (χ2v) is 9.23. The zero-order valence-electron chi connectivity index (χ0n) is 18.1. The van der Waals surface area contributed by atoms with Gasteiger partial charge in [0.15, 0.2) is 0 Å². The molecule has 1 aliphatic rings. The molecule has 0 saturated carbocycles. The smallest absolute Gasteiger partial charge is 0.256 e. The number of carbonyl (C=O) groups is 1. The summed E-state index contributed by atoms with van der Waals surface area (Å²) < 4.78 is 0. The van der Waals surface area contributed by atoms with E-state index in [0.717, 1.165) is 58.2 Å². The lowest BCUT2D eigenvalue weighted by molar-refractivity contribution is 0.102. The number of piperazine rings is 1. The van der Waals surface area contributed by atoms with E-state index in [1.165, 1.54) is 0 Å². The molecule has 2 aromatic heterocycles. The van der Waals surface area contributed by atoms with Crippen LogP contribution in [0.15, 0.2) is 54.7 Å². The van der Waals surface area contributed by atoms with Gasteiger partial charge in [0.2, 0.25) is 0 Å². The van der Waals surface area contributed by atoms with E-state index in [0.29, 0.717) is 11.4 Å². The van der Waals surface area contributed by atoms with E-state index < -0.39 is 0 Å². The van der Waals surface area contributed by atoms with Gasteiger partial charge in [-0.1, -0.05) is 29.5 Å². The third kappa shape index (κ3) is 4.32. The largest absolute Gasteiger partial charge is 0.369 e. The van der Waals surface area contributed by atoms with Crippen LogP contribution in [0.4, 0.5) is 11.5 Å². The molecule has 0 spiro atoms. The summed E-state index contributed by atoms with van der Waals surface area (Å²) in [6, 6.07) is 15.8. The summed E-state index contributed by atoms with van der Waals surface area (Å²) in [5.41, 5.74) is 2.71. The third-order valence-corrected chi connectivity index (χ3v) is 6.60. The molecule has 1 amide bonds. The van der Waals surface area contributed by atoms with E-state index in [1.54, 1.807) is 17.5 Å². The van der Waals surface area contributed by atoms with E-state index in [2.05, 4.69) is 49.5 Å². The summed E-state index contributed by atoms with van der Waals surface area (Å²) in [6.07, 6.45) is 1.78. The number of benzene rings is 2. The molecule has 32 heavy (non-hydrogen) atoms. The Kier molecular flexibility index (Phi) is 5.55. The molecule has 0 unspecified atom stereocenters. The molecule has 1 aliphatic heterocycles. The van der Waals surface area contributed by atoms with Gasteiger partial charge in [0.05, 0.1) is 0 Å². The van der Waals surface area contributed by atoms with Crippen molar-refractivity contribution < 1.29 is 4.79 Å². The summed E-state index contributed by atoms with van der Waals surface area (Å²) in [7, 11) is 2.13. The molecule has 7 nitrogen and oxygen atoms in total. The Bertz CT molecular complexity index is 1280. The first kappa shape index (κ1) is 20.5. The maximum absolute atomic E-state index is 12.9. The number of fused-ring (bicyclic) bond motifs is 1.